The predicted molar refractivity (Wildman–Crippen MR) is 64.9 cm³/mol. The molecule has 6 nitrogen and oxygen atoms in total. The lowest BCUT2D eigenvalue weighted by molar-refractivity contribution is 0.145. The summed E-state index contributed by atoms with van der Waals surface area (Å²) < 4.78 is 1.61. The number of nitrogen functional groups attached to an aromatic ring is 1. The summed E-state index contributed by atoms with van der Waals surface area (Å²) in [7, 11) is 0. The monoisotopic (exact) mass is 233 g/mol. The van der Waals surface area contributed by atoms with E-state index in [1.54, 1.807) is 10.7 Å². The van der Waals surface area contributed by atoms with Crippen LogP contribution < -0.4 is 10.6 Å². The van der Waals surface area contributed by atoms with E-state index in [2.05, 4.69) is 15.0 Å². The lowest BCUT2D eigenvalue weighted by Gasteiger charge is -2.30. The van der Waals surface area contributed by atoms with Crippen LogP contribution in [-0.4, -0.2) is 38.9 Å². The highest BCUT2D eigenvalue weighted by molar-refractivity contribution is 5.56. The number of aliphatic hydroxyl groups excluding tert-OH is 1. The second-order valence-electron chi connectivity index (χ2n) is 4.36. The van der Waals surface area contributed by atoms with Crippen LogP contribution in [0, 0.1) is 0 Å². The topological polar surface area (TPSA) is 79.7 Å². The first-order chi connectivity index (χ1) is 8.24. The van der Waals surface area contributed by atoms with Crippen molar-refractivity contribution in [2.45, 2.75) is 18.9 Å². The minimum absolute atomic E-state index is 0.178. The Morgan fingerprint density at radius 2 is 2.12 bits per heavy atom. The Kier molecular flexibility index (Phi) is 2.36. The number of hydrogen-bond donors (Lipinski definition) is 2. The number of fused-ring (bicyclic) bond motifs is 1. The van der Waals surface area contributed by atoms with Gasteiger partial charge in [-0.05, 0) is 12.8 Å². The molecule has 3 heterocycles. The van der Waals surface area contributed by atoms with E-state index in [9.17, 15) is 5.11 Å². The summed E-state index contributed by atoms with van der Waals surface area (Å²) in [5.74, 6) is 1.45. The Labute approximate surface area is 98.7 Å². The molecule has 0 aliphatic carbocycles. The van der Waals surface area contributed by atoms with E-state index in [1.807, 2.05) is 12.1 Å². The fourth-order valence-electron chi connectivity index (χ4n) is 2.18. The zero-order chi connectivity index (χ0) is 11.8. The molecule has 3 N–H and O–H groups in total. The zero-order valence-electron chi connectivity index (χ0n) is 9.45. The van der Waals surface area contributed by atoms with Crippen LogP contribution in [0.2, 0.25) is 0 Å². The molecule has 1 saturated heterocycles. The molecule has 0 unspecified atom stereocenters. The van der Waals surface area contributed by atoms with Gasteiger partial charge in [0.25, 0.3) is 0 Å². The van der Waals surface area contributed by atoms with Gasteiger partial charge < -0.3 is 15.7 Å². The van der Waals surface area contributed by atoms with Crippen LogP contribution in [0.5, 0.6) is 0 Å². The summed E-state index contributed by atoms with van der Waals surface area (Å²) in [6.45, 7) is 1.63. The number of rotatable bonds is 1. The first-order valence-corrected chi connectivity index (χ1v) is 5.77. The third-order valence-electron chi connectivity index (χ3n) is 3.16. The maximum absolute atomic E-state index is 9.48. The van der Waals surface area contributed by atoms with Gasteiger partial charge in [0, 0.05) is 25.2 Å². The molecule has 6 heteroatoms. The highest BCUT2D eigenvalue weighted by Gasteiger charge is 2.19. The van der Waals surface area contributed by atoms with Gasteiger partial charge in [-0.2, -0.15) is 9.61 Å². The van der Waals surface area contributed by atoms with Crippen molar-refractivity contribution in [1.29, 1.82) is 0 Å². The zero-order valence-corrected chi connectivity index (χ0v) is 9.45. The Hall–Kier alpha value is -1.82. The van der Waals surface area contributed by atoms with Crippen molar-refractivity contribution in [3.8, 4) is 0 Å². The lowest BCUT2D eigenvalue weighted by atomic mass is 10.1. The maximum Gasteiger partial charge on any atom is 0.159 e. The summed E-state index contributed by atoms with van der Waals surface area (Å²) in [5, 5.41) is 13.6. The molecule has 0 radical (unpaired) electrons. The largest absolute Gasteiger partial charge is 0.393 e. The van der Waals surface area contributed by atoms with Crippen molar-refractivity contribution in [2.24, 2.45) is 0 Å². The quantitative estimate of drug-likeness (QED) is 0.739. The van der Waals surface area contributed by atoms with Gasteiger partial charge in [-0.25, -0.2) is 4.98 Å². The molecule has 1 fully saturated rings. The van der Waals surface area contributed by atoms with Gasteiger partial charge in [-0.15, -0.1) is 0 Å². The van der Waals surface area contributed by atoms with Crippen molar-refractivity contribution < 1.29 is 5.11 Å². The van der Waals surface area contributed by atoms with Crippen molar-refractivity contribution in [3.63, 3.8) is 0 Å². The smallest absolute Gasteiger partial charge is 0.159 e. The van der Waals surface area contributed by atoms with Crippen molar-refractivity contribution in [1.82, 2.24) is 14.6 Å². The molecule has 17 heavy (non-hydrogen) atoms. The van der Waals surface area contributed by atoms with Crippen LogP contribution in [0.4, 0.5) is 11.6 Å². The lowest BCUT2D eigenvalue weighted by Crippen LogP contribution is -2.36. The van der Waals surface area contributed by atoms with E-state index in [4.69, 9.17) is 5.73 Å². The average Bonchev–Trinajstić information content (AvgIpc) is 2.78. The van der Waals surface area contributed by atoms with Gasteiger partial charge >= 0.3 is 0 Å². The van der Waals surface area contributed by atoms with Gasteiger partial charge in [-0.1, -0.05) is 0 Å². The van der Waals surface area contributed by atoms with E-state index in [0.29, 0.717) is 5.82 Å². The van der Waals surface area contributed by atoms with Gasteiger partial charge in [0.15, 0.2) is 5.65 Å². The van der Waals surface area contributed by atoms with E-state index in [1.165, 1.54) is 0 Å². The van der Waals surface area contributed by atoms with E-state index >= 15 is 0 Å². The SMILES string of the molecule is Nc1cc(N2CCC(O)CC2)nc2ccnn12. The van der Waals surface area contributed by atoms with E-state index in [0.717, 1.165) is 37.4 Å². The molecule has 2 aromatic heterocycles. The van der Waals surface area contributed by atoms with Crippen LogP contribution >= 0.6 is 0 Å². The van der Waals surface area contributed by atoms with Crippen molar-refractivity contribution in [2.75, 3.05) is 23.7 Å². The maximum atomic E-state index is 9.48. The third-order valence-corrected chi connectivity index (χ3v) is 3.16. The van der Waals surface area contributed by atoms with Crippen LogP contribution in [0.1, 0.15) is 12.8 Å². The molecule has 0 aromatic carbocycles. The van der Waals surface area contributed by atoms with Gasteiger partial charge in [0.1, 0.15) is 11.6 Å². The van der Waals surface area contributed by atoms with Gasteiger partial charge in [0.2, 0.25) is 0 Å². The first-order valence-electron chi connectivity index (χ1n) is 5.77. The summed E-state index contributed by atoms with van der Waals surface area (Å²) in [6.07, 6.45) is 3.07. The molecule has 0 amide bonds. The van der Waals surface area contributed by atoms with E-state index < -0.39 is 0 Å². The normalized spacial score (nSPS) is 17.8. The Morgan fingerprint density at radius 3 is 2.88 bits per heavy atom. The Balaban J connectivity index is 1.94. The Morgan fingerprint density at radius 1 is 1.35 bits per heavy atom. The Bertz CT molecular complexity index is 530. The predicted octanol–water partition coefficient (Wildman–Crippen LogP) is 0.273. The molecular formula is C11H15N5O. The number of aliphatic hydroxyl groups is 1. The van der Waals surface area contributed by atoms with Crippen LogP contribution in [0.3, 0.4) is 0 Å². The fourth-order valence-corrected chi connectivity index (χ4v) is 2.18. The van der Waals surface area contributed by atoms with Crippen molar-refractivity contribution in [3.05, 3.63) is 18.3 Å². The number of aromatic nitrogens is 3. The standard InChI is InChI=1S/C11H15N5O/c12-9-7-11(14-10-1-4-13-16(9)10)15-5-2-8(17)3-6-15/h1,4,7-8,17H,2-3,5-6,12H2. The molecule has 1 aliphatic heterocycles. The minimum Gasteiger partial charge on any atom is -0.393 e. The molecule has 1 aliphatic rings. The average molecular weight is 233 g/mol. The number of nitrogens with two attached hydrogens (primary N) is 1. The molecule has 0 spiro atoms. The number of hydrogen-bond acceptors (Lipinski definition) is 5. The number of nitrogens with zero attached hydrogens (tertiary/aromatic N) is 4. The molecule has 3 rings (SSSR count). The first kappa shape index (κ1) is 10.3. The molecule has 0 bridgehead atoms. The van der Waals surface area contributed by atoms with Crippen molar-refractivity contribution >= 4 is 17.3 Å². The minimum atomic E-state index is -0.178. The van der Waals surface area contributed by atoms with Crippen LogP contribution in [0.25, 0.3) is 5.65 Å². The molecule has 0 atom stereocenters. The molecule has 2 aromatic rings. The van der Waals surface area contributed by atoms with E-state index in [-0.39, 0.29) is 6.10 Å². The third kappa shape index (κ3) is 1.80. The highest BCUT2D eigenvalue weighted by Crippen LogP contribution is 2.21. The second kappa shape index (κ2) is 3.89. The molecular weight excluding hydrogens is 218 g/mol. The highest BCUT2D eigenvalue weighted by atomic mass is 16.3. The number of anilines is 2. The fraction of sp³-hybridized carbons (Fsp3) is 0.455. The molecule has 90 valence electrons. The van der Waals surface area contributed by atoms with Gasteiger partial charge in [-0.3, -0.25) is 0 Å². The van der Waals surface area contributed by atoms with Gasteiger partial charge in [0.05, 0.1) is 12.3 Å². The number of piperidine rings is 1. The summed E-state index contributed by atoms with van der Waals surface area (Å²) in [5.41, 5.74) is 6.68. The summed E-state index contributed by atoms with van der Waals surface area (Å²) >= 11 is 0. The summed E-state index contributed by atoms with van der Waals surface area (Å²) in [4.78, 5) is 6.66. The van der Waals surface area contributed by atoms with Crippen LogP contribution in [-0.2, 0) is 0 Å². The molecule has 0 saturated carbocycles. The summed E-state index contributed by atoms with van der Waals surface area (Å²) in [6, 6.07) is 3.66. The van der Waals surface area contributed by atoms with Crippen LogP contribution in [0.15, 0.2) is 18.3 Å². The second-order valence-corrected chi connectivity index (χ2v) is 4.36.